The first-order valence-electron chi connectivity index (χ1n) is 9.28. The standard InChI is InChI=1S/C21H25N3O3/c1-4-6-14-27-17-11-9-16(10-12-17)23-21(25)19-15(3)22-20-18(26-5-2)8-7-13-24(19)20/h7-13H,4-6,14H2,1-3H3,(H,23,25). The van der Waals surface area contributed by atoms with E-state index in [1.165, 1.54) is 0 Å². The number of nitrogens with zero attached hydrogens (tertiary/aromatic N) is 2. The fourth-order valence-electron chi connectivity index (χ4n) is 2.86. The predicted molar refractivity (Wildman–Crippen MR) is 106 cm³/mol. The molecule has 0 radical (unpaired) electrons. The topological polar surface area (TPSA) is 64.9 Å². The Hall–Kier alpha value is -3.02. The molecule has 0 fully saturated rings. The van der Waals surface area contributed by atoms with Crippen molar-refractivity contribution < 1.29 is 14.3 Å². The average molecular weight is 367 g/mol. The summed E-state index contributed by atoms with van der Waals surface area (Å²) in [5, 5.41) is 2.93. The first kappa shape index (κ1) is 18.8. The number of hydrogen-bond donors (Lipinski definition) is 1. The van der Waals surface area contributed by atoms with Gasteiger partial charge in [-0.15, -0.1) is 0 Å². The minimum absolute atomic E-state index is 0.215. The van der Waals surface area contributed by atoms with Crippen LogP contribution in [0, 0.1) is 6.92 Å². The number of unbranched alkanes of at least 4 members (excludes halogenated alkanes) is 1. The summed E-state index contributed by atoms with van der Waals surface area (Å²) in [5.74, 6) is 1.25. The lowest BCUT2D eigenvalue weighted by Crippen LogP contribution is -2.15. The normalized spacial score (nSPS) is 10.8. The fraction of sp³-hybridized carbons (Fsp3) is 0.333. The summed E-state index contributed by atoms with van der Waals surface area (Å²) in [5.41, 5.74) is 2.49. The summed E-state index contributed by atoms with van der Waals surface area (Å²) < 4.78 is 13.0. The molecule has 0 unspecified atom stereocenters. The summed E-state index contributed by atoms with van der Waals surface area (Å²) in [4.78, 5) is 17.3. The highest BCUT2D eigenvalue weighted by Crippen LogP contribution is 2.23. The Balaban J connectivity index is 1.78. The highest BCUT2D eigenvalue weighted by molar-refractivity contribution is 6.04. The number of carbonyl (C=O) groups excluding carboxylic acids is 1. The van der Waals surface area contributed by atoms with E-state index in [0.29, 0.717) is 41.7 Å². The molecule has 6 heteroatoms. The molecular weight excluding hydrogens is 342 g/mol. The summed E-state index contributed by atoms with van der Waals surface area (Å²) in [7, 11) is 0. The number of nitrogens with one attached hydrogen (secondary N) is 1. The van der Waals surface area contributed by atoms with Gasteiger partial charge < -0.3 is 14.8 Å². The van der Waals surface area contributed by atoms with Crippen molar-refractivity contribution in [1.29, 1.82) is 0 Å². The van der Waals surface area contributed by atoms with Crippen LogP contribution in [0.4, 0.5) is 5.69 Å². The van der Waals surface area contributed by atoms with E-state index in [1.807, 2.05) is 56.4 Å². The van der Waals surface area contributed by atoms with E-state index in [-0.39, 0.29) is 5.91 Å². The first-order valence-corrected chi connectivity index (χ1v) is 9.28. The van der Waals surface area contributed by atoms with Crippen molar-refractivity contribution in [3.63, 3.8) is 0 Å². The highest BCUT2D eigenvalue weighted by Gasteiger charge is 2.18. The molecule has 1 N–H and O–H groups in total. The van der Waals surface area contributed by atoms with Crippen LogP contribution in [-0.4, -0.2) is 28.5 Å². The maximum atomic E-state index is 12.8. The zero-order valence-electron chi connectivity index (χ0n) is 16.0. The van der Waals surface area contributed by atoms with Gasteiger partial charge in [0.25, 0.3) is 5.91 Å². The Morgan fingerprint density at radius 1 is 1.15 bits per heavy atom. The Morgan fingerprint density at radius 3 is 2.63 bits per heavy atom. The molecule has 3 rings (SSSR count). The summed E-state index contributed by atoms with van der Waals surface area (Å²) >= 11 is 0. The van der Waals surface area contributed by atoms with Crippen molar-refractivity contribution in [3.8, 4) is 11.5 Å². The van der Waals surface area contributed by atoms with Gasteiger partial charge in [-0.2, -0.15) is 0 Å². The Labute approximate surface area is 159 Å². The number of fused-ring (bicyclic) bond motifs is 1. The van der Waals surface area contributed by atoms with Crippen molar-refractivity contribution in [2.75, 3.05) is 18.5 Å². The Morgan fingerprint density at radius 2 is 1.93 bits per heavy atom. The molecule has 0 aliphatic carbocycles. The summed E-state index contributed by atoms with van der Waals surface area (Å²) in [6, 6.07) is 11.1. The van der Waals surface area contributed by atoms with Gasteiger partial charge in [-0.25, -0.2) is 4.98 Å². The fourth-order valence-corrected chi connectivity index (χ4v) is 2.86. The number of ether oxygens (including phenoxy) is 2. The van der Waals surface area contributed by atoms with E-state index in [0.717, 1.165) is 18.6 Å². The number of aryl methyl sites for hydroxylation is 1. The molecule has 2 heterocycles. The number of aromatic nitrogens is 2. The summed E-state index contributed by atoms with van der Waals surface area (Å²) in [6.07, 6.45) is 3.94. The molecule has 0 bridgehead atoms. The second-order valence-corrected chi connectivity index (χ2v) is 6.23. The average Bonchev–Trinajstić information content (AvgIpc) is 3.00. The van der Waals surface area contributed by atoms with Gasteiger partial charge in [0, 0.05) is 11.9 Å². The van der Waals surface area contributed by atoms with Crippen LogP contribution in [0.1, 0.15) is 42.9 Å². The third kappa shape index (κ3) is 4.22. The van der Waals surface area contributed by atoms with Crippen LogP contribution in [-0.2, 0) is 0 Å². The second-order valence-electron chi connectivity index (χ2n) is 6.23. The predicted octanol–water partition coefficient (Wildman–Crippen LogP) is 4.47. The Kier molecular flexibility index (Phi) is 5.96. The number of hydrogen-bond acceptors (Lipinski definition) is 4. The number of pyridine rings is 1. The SMILES string of the molecule is CCCCOc1ccc(NC(=O)c2c(C)nc3c(OCC)cccn23)cc1. The van der Waals surface area contributed by atoms with Crippen LogP contribution in [0.2, 0.25) is 0 Å². The first-order chi connectivity index (χ1) is 13.1. The maximum absolute atomic E-state index is 12.8. The van der Waals surface area contributed by atoms with E-state index in [1.54, 1.807) is 4.40 Å². The lowest BCUT2D eigenvalue weighted by atomic mass is 10.2. The van der Waals surface area contributed by atoms with E-state index < -0.39 is 0 Å². The van der Waals surface area contributed by atoms with Crippen LogP contribution < -0.4 is 14.8 Å². The van der Waals surface area contributed by atoms with E-state index in [4.69, 9.17) is 9.47 Å². The van der Waals surface area contributed by atoms with Gasteiger partial charge in [0.2, 0.25) is 0 Å². The number of imidazole rings is 1. The van der Waals surface area contributed by atoms with Gasteiger partial charge in [0.05, 0.1) is 18.9 Å². The van der Waals surface area contributed by atoms with Crippen molar-refractivity contribution in [2.45, 2.75) is 33.6 Å². The van der Waals surface area contributed by atoms with Gasteiger partial charge in [0.1, 0.15) is 11.4 Å². The third-order valence-corrected chi connectivity index (χ3v) is 4.18. The molecule has 0 atom stereocenters. The van der Waals surface area contributed by atoms with Crippen LogP contribution in [0.25, 0.3) is 5.65 Å². The maximum Gasteiger partial charge on any atom is 0.274 e. The minimum Gasteiger partial charge on any atom is -0.494 e. The second kappa shape index (κ2) is 8.58. The van der Waals surface area contributed by atoms with Gasteiger partial charge in [-0.1, -0.05) is 13.3 Å². The third-order valence-electron chi connectivity index (χ3n) is 4.18. The molecule has 1 aromatic carbocycles. The lowest BCUT2D eigenvalue weighted by molar-refractivity contribution is 0.102. The van der Waals surface area contributed by atoms with Gasteiger partial charge in [0.15, 0.2) is 11.4 Å². The molecule has 0 aliphatic heterocycles. The van der Waals surface area contributed by atoms with E-state index in [2.05, 4.69) is 17.2 Å². The minimum atomic E-state index is -0.215. The number of rotatable bonds is 8. The summed E-state index contributed by atoms with van der Waals surface area (Å²) in [6.45, 7) is 7.11. The molecule has 0 saturated heterocycles. The molecule has 0 spiro atoms. The molecule has 27 heavy (non-hydrogen) atoms. The van der Waals surface area contributed by atoms with Crippen molar-refractivity contribution in [1.82, 2.24) is 9.38 Å². The number of carbonyl (C=O) groups is 1. The highest BCUT2D eigenvalue weighted by atomic mass is 16.5. The van der Waals surface area contributed by atoms with Crippen LogP contribution in [0.5, 0.6) is 11.5 Å². The number of anilines is 1. The van der Waals surface area contributed by atoms with Crippen molar-refractivity contribution in [3.05, 3.63) is 54.0 Å². The molecular formula is C21H25N3O3. The quantitative estimate of drug-likeness (QED) is 0.597. The number of benzene rings is 1. The van der Waals surface area contributed by atoms with Crippen molar-refractivity contribution >= 4 is 17.2 Å². The van der Waals surface area contributed by atoms with E-state index >= 15 is 0 Å². The lowest BCUT2D eigenvalue weighted by Gasteiger charge is -2.09. The Bertz CT molecular complexity index is 916. The monoisotopic (exact) mass is 367 g/mol. The van der Waals surface area contributed by atoms with Gasteiger partial charge >= 0.3 is 0 Å². The molecule has 0 aliphatic rings. The molecule has 3 aromatic rings. The van der Waals surface area contributed by atoms with Crippen molar-refractivity contribution in [2.24, 2.45) is 0 Å². The molecule has 0 saturated carbocycles. The molecule has 6 nitrogen and oxygen atoms in total. The largest absolute Gasteiger partial charge is 0.494 e. The number of amides is 1. The molecule has 142 valence electrons. The smallest absolute Gasteiger partial charge is 0.274 e. The van der Waals surface area contributed by atoms with Gasteiger partial charge in [-0.3, -0.25) is 9.20 Å². The van der Waals surface area contributed by atoms with E-state index in [9.17, 15) is 4.79 Å². The van der Waals surface area contributed by atoms with Crippen LogP contribution in [0.3, 0.4) is 0 Å². The molecule has 2 aromatic heterocycles. The van der Waals surface area contributed by atoms with Crippen LogP contribution in [0.15, 0.2) is 42.6 Å². The zero-order valence-corrected chi connectivity index (χ0v) is 16.0. The van der Waals surface area contributed by atoms with Gasteiger partial charge in [-0.05, 0) is 56.7 Å². The van der Waals surface area contributed by atoms with Crippen LogP contribution >= 0.6 is 0 Å². The molecule has 1 amide bonds. The zero-order chi connectivity index (χ0) is 19.2.